The monoisotopic (exact) mass is 236 g/mol. The van der Waals surface area contributed by atoms with Crippen LogP contribution in [0.15, 0.2) is 30.6 Å². The van der Waals surface area contributed by atoms with Crippen LogP contribution in [0.2, 0.25) is 5.02 Å². The maximum atomic E-state index is 11.1. The van der Waals surface area contributed by atoms with E-state index in [1.165, 1.54) is 0 Å². The topological polar surface area (TPSA) is 55.1 Å². The molecule has 0 saturated heterocycles. The van der Waals surface area contributed by atoms with Gasteiger partial charge in [-0.05, 0) is 19.1 Å². The van der Waals surface area contributed by atoms with Crippen LogP contribution in [0.1, 0.15) is 16.2 Å². The number of carbonyl (C=O) groups is 1. The first-order valence-electron chi connectivity index (χ1n) is 4.63. The molecule has 4 nitrogen and oxygen atoms in total. The van der Waals surface area contributed by atoms with Crippen LogP contribution in [0.5, 0.6) is 0 Å². The van der Waals surface area contributed by atoms with Gasteiger partial charge in [0.2, 0.25) is 0 Å². The standard InChI is InChI=1S/C11H9ClN2O2/c1-7-13-5-6-14(7)9-4-2-3-8(12)10(9)11(15)16/h2-6H,1H3,(H,15,16). The van der Waals surface area contributed by atoms with Gasteiger partial charge in [-0.3, -0.25) is 0 Å². The van der Waals surface area contributed by atoms with Crippen LogP contribution in [0.4, 0.5) is 0 Å². The molecular formula is C11H9ClN2O2. The molecule has 0 fully saturated rings. The van der Waals surface area contributed by atoms with Crippen LogP contribution >= 0.6 is 11.6 Å². The summed E-state index contributed by atoms with van der Waals surface area (Å²) in [5, 5.41) is 9.34. The van der Waals surface area contributed by atoms with Crippen LogP contribution in [0.25, 0.3) is 5.69 Å². The Hall–Kier alpha value is -1.81. The number of carboxylic acid groups (broad SMARTS) is 1. The summed E-state index contributed by atoms with van der Waals surface area (Å²) in [5.74, 6) is -0.335. The predicted octanol–water partition coefficient (Wildman–Crippen LogP) is 2.53. The highest BCUT2D eigenvalue weighted by molar-refractivity contribution is 6.34. The molecule has 0 aliphatic carbocycles. The summed E-state index contributed by atoms with van der Waals surface area (Å²) in [5.41, 5.74) is 0.611. The third-order valence-electron chi connectivity index (χ3n) is 2.29. The lowest BCUT2D eigenvalue weighted by molar-refractivity contribution is 0.0697. The molecule has 82 valence electrons. The minimum Gasteiger partial charge on any atom is -0.478 e. The molecule has 1 aromatic carbocycles. The van der Waals surface area contributed by atoms with Gasteiger partial charge in [0.05, 0.1) is 10.7 Å². The summed E-state index contributed by atoms with van der Waals surface area (Å²) in [7, 11) is 0. The van der Waals surface area contributed by atoms with E-state index in [0.29, 0.717) is 11.5 Å². The van der Waals surface area contributed by atoms with Gasteiger partial charge in [0.1, 0.15) is 11.4 Å². The smallest absolute Gasteiger partial charge is 0.339 e. The number of halogens is 1. The van der Waals surface area contributed by atoms with Gasteiger partial charge in [0.25, 0.3) is 0 Å². The van der Waals surface area contributed by atoms with Crippen molar-refractivity contribution in [2.45, 2.75) is 6.92 Å². The minimum absolute atomic E-state index is 0.0882. The molecule has 2 rings (SSSR count). The molecule has 5 heteroatoms. The summed E-state index contributed by atoms with van der Waals surface area (Å²) in [6.07, 6.45) is 3.31. The second-order valence-electron chi connectivity index (χ2n) is 3.28. The van der Waals surface area contributed by atoms with E-state index in [1.54, 1.807) is 42.1 Å². The highest BCUT2D eigenvalue weighted by Crippen LogP contribution is 2.23. The first-order valence-corrected chi connectivity index (χ1v) is 5.01. The molecule has 0 unspecified atom stereocenters. The average molecular weight is 237 g/mol. The van der Waals surface area contributed by atoms with E-state index in [1.807, 2.05) is 0 Å². The second-order valence-corrected chi connectivity index (χ2v) is 3.69. The van der Waals surface area contributed by atoms with Crippen LogP contribution in [0, 0.1) is 6.92 Å². The maximum absolute atomic E-state index is 11.1. The Balaban J connectivity index is 2.70. The molecule has 1 N–H and O–H groups in total. The van der Waals surface area contributed by atoms with Crippen molar-refractivity contribution >= 4 is 17.6 Å². The SMILES string of the molecule is Cc1nccn1-c1cccc(Cl)c1C(=O)O. The number of aromatic carboxylic acids is 1. The zero-order valence-corrected chi connectivity index (χ0v) is 9.27. The number of aromatic nitrogens is 2. The zero-order chi connectivity index (χ0) is 11.7. The highest BCUT2D eigenvalue weighted by atomic mass is 35.5. The van der Waals surface area contributed by atoms with Gasteiger partial charge < -0.3 is 9.67 Å². The first-order chi connectivity index (χ1) is 7.61. The van der Waals surface area contributed by atoms with E-state index in [4.69, 9.17) is 16.7 Å². The van der Waals surface area contributed by atoms with Crippen LogP contribution in [-0.2, 0) is 0 Å². The Kier molecular flexibility index (Phi) is 2.66. The third-order valence-corrected chi connectivity index (χ3v) is 2.61. The van der Waals surface area contributed by atoms with E-state index in [9.17, 15) is 4.79 Å². The Labute approximate surface area is 97.1 Å². The fourth-order valence-electron chi connectivity index (χ4n) is 1.56. The summed E-state index contributed by atoms with van der Waals surface area (Å²) >= 11 is 5.88. The number of hydrogen-bond donors (Lipinski definition) is 1. The number of rotatable bonds is 2. The molecule has 1 aromatic heterocycles. The first kappa shape index (κ1) is 10.7. The molecule has 0 aliphatic heterocycles. The fourth-order valence-corrected chi connectivity index (χ4v) is 1.81. The van der Waals surface area contributed by atoms with Gasteiger partial charge in [-0.25, -0.2) is 9.78 Å². The average Bonchev–Trinajstić information content (AvgIpc) is 2.63. The third kappa shape index (κ3) is 1.67. The maximum Gasteiger partial charge on any atom is 0.339 e. The number of aryl methyl sites for hydroxylation is 1. The number of benzene rings is 1. The Morgan fingerprint density at radius 1 is 1.50 bits per heavy atom. The molecule has 0 atom stereocenters. The number of imidazole rings is 1. The number of hydrogen-bond acceptors (Lipinski definition) is 2. The molecule has 0 bridgehead atoms. The molecule has 0 saturated carbocycles. The fraction of sp³-hybridized carbons (Fsp3) is 0.0909. The number of nitrogens with zero attached hydrogens (tertiary/aromatic N) is 2. The number of carboxylic acids is 1. The molecule has 0 aliphatic rings. The second kappa shape index (κ2) is 3.98. The lowest BCUT2D eigenvalue weighted by atomic mass is 10.1. The van der Waals surface area contributed by atoms with Gasteiger partial charge >= 0.3 is 5.97 Å². The Bertz CT molecular complexity index is 549. The van der Waals surface area contributed by atoms with Crippen LogP contribution < -0.4 is 0 Å². The van der Waals surface area contributed by atoms with E-state index in [2.05, 4.69) is 4.98 Å². The van der Waals surface area contributed by atoms with E-state index in [0.717, 1.165) is 0 Å². The Morgan fingerprint density at radius 2 is 2.25 bits per heavy atom. The van der Waals surface area contributed by atoms with Crippen molar-refractivity contribution in [1.29, 1.82) is 0 Å². The van der Waals surface area contributed by atoms with Crippen molar-refractivity contribution in [2.75, 3.05) is 0 Å². The summed E-state index contributed by atoms with van der Waals surface area (Å²) < 4.78 is 1.69. The van der Waals surface area contributed by atoms with E-state index < -0.39 is 5.97 Å². The summed E-state index contributed by atoms with van der Waals surface area (Å²) in [6, 6.07) is 4.97. The van der Waals surface area contributed by atoms with Crippen molar-refractivity contribution in [3.8, 4) is 5.69 Å². The lowest BCUT2D eigenvalue weighted by Crippen LogP contribution is -2.06. The van der Waals surface area contributed by atoms with E-state index >= 15 is 0 Å². The molecule has 0 amide bonds. The van der Waals surface area contributed by atoms with Gasteiger partial charge in [-0.15, -0.1) is 0 Å². The minimum atomic E-state index is -1.05. The van der Waals surface area contributed by atoms with Gasteiger partial charge in [0, 0.05) is 12.4 Å². The van der Waals surface area contributed by atoms with E-state index in [-0.39, 0.29) is 10.6 Å². The predicted molar refractivity (Wildman–Crippen MR) is 60.3 cm³/mol. The van der Waals surface area contributed by atoms with Crippen LogP contribution in [0.3, 0.4) is 0 Å². The van der Waals surface area contributed by atoms with Crippen molar-refractivity contribution < 1.29 is 9.90 Å². The van der Waals surface area contributed by atoms with Crippen molar-refractivity contribution in [1.82, 2.24) is 9.55 Å². The van der Waals surface area contributed by atoms with Gasteiger partial charge in [0.15, 0.2) is 0 Å². The summed E-state index contributed by atoms with van der Waals surface area (Å²) in [6.45, 7) is 1.80. The molecule has 0 spiro atoms. The largest absolute Gasteiger partial charge is 0.478 e. The summed E-state index contributed by atoms with van der Waals surface area (Å²) in [4.78, 5) is 15.2. The Morgan fingerprint density at radius 3 is 2.81 bits per heavy atom. The van der Waals surface area contributed by atoms with Gasteiger partial charge in [-0.2, -0.15) is 0 Å². The molecule has 1 heterocycles. The highest BCUT2D eigenvalue weighted by Gasteiger charge is 2.16. The normalized spacial score (nSPS) is 10.4. The molecule has 2 aromatic rings. The molecule has 0 radical (unpaired) electrons. The van der Waals surface area contributed by atoms with Crippen molar-refractivity contribution in [2.24, 2.45) is 0 Å². The molecular weight excluding hydrogens is 228 g/mol. The van der Waals surface area contributed by atoms with Crippen LogP contribution in [-0.4, -0.2) is 20.6 Å². The molecule has 16 heavy (non-hydrogen) atoms. The van der Waals surface area contributed by atoms with Crippen molar-refractivity contribution in [3.63, 3.8) is 0 Å². The lowest BCUT2D eigenvalue weighted by Gasteiger charge is -2.09. The van der Waals surface area contributed by atoms with Crippen molar-refractivity contribution in [3.05, 3.63) is 47.0 Å². The quantitative estimate of drug-likeness (QED) is 0.872. The van der Waals surface area contributed by atoms with Gasteiger partial charge in [-0.1, -0.05) is 17.7 Å². The zero-order valence-electron chi connectivity index (χ0n) is 8.51.